The minimum atomic E-state index is -0.501. The molecule has 1 aliphatic heterocycles. The molecule has 0 N–H and O–H groups in total. The largest absolute Gasteiger partial charge is 0.496 e. The molecule has 2 aromatic carbocycles. The summed E-state index contributed by atoms with van der Waals surface area (Å²) >= 11 is 0. The molecule has 0 saturated carbocycles. The number of hydrogen-bond acceptors (Lipinski definition) is 5. The van der Waals surface area contributed by atoms with Gasteiger partial charge in [-0.15, -0.1) is 0 Å². The number of aliphatic imine (C=N–C) groups is 1. The first kappa shape index (κ1) is 15.8. The summed E-state index contributed by atoms with van der Waals surface area (Å²) in [6.45, 7) is 2.00. The minimum absolute atomic E-state index is 0.174. The molecule has 0 amide bonds. The van der Waals surface area contributed by atoms with Gasteiger partial charge in [-0.3, -0.25) is 0 Å². The Kier molecular flexibility index (Phi) is 4.33. The van der Waals surface area contributed by atoms with Crippen LogP contribution in [0.25, 0.3) is 6.08 Å². The van der Waals surface area contributed by atoms with Crippen LogP contribution in [0.15, 0.2) is 53.2 Å². The second-order valence-corrected chi connectivity index (χ2v) is 5.28. The van der Waals surface area contributed by atoms with Gasteiger partial charge in [0.05, 0.1) is 14.2 Å². The summed E-state index contributed by atoms with van der Waals surface area (Å²) in [7, 11) is 3.08. The number of methoxy groups -OCH3 is 2. The van der Waals surface area contributed by atoms with Gasteiger partial charge in [-0.05, 0) is 30.7 Å². The van der Waals surface area contributed by atoms with Gasteiger partial charge in [-0.1, -0.05) is 35.9 Å². The van der Waals surface area contributed by atoms with E-state index in [-0.39, 0.29) is 11.6 Å². The fraction of sp³-hybridized carbons (Fsp3) is 0.158. The summed E-state index contributed by atoms with van der Waals surface area (Å²) in [4.78, 5) is 16.5. The van der Waals surface area contributed by atoms with E-state index in [1.54, 1.807) is 38.5 Å². The molecule has 3 rings (SSSR count). The fourth-order valence-electron chi connectivity index (χ4n) is 2.40. The van der Waals surface area contributed by atoms with E-state index in [1.807, 2.05) is 31.2 Å². The molecule has 0 aromatic heterocycles. The van der Waals surface area contributed by atoms with E-state index in [2.05, 4.69) is 4.99 Å². The number of rotatable bonds is 4. The van der Waals surface area contributed by atoms with E-state index >= 15 is 0 Å². The topological polar surface area (TPSA) is 57.1 Å². The molecule has 5 heteroatoms. The number of benzene rings is 2. The third kappa shape index (κ3) is 3.01. The molecule has 0 saturated heterocycles. The molecular weight excluding hydrogens is 306 g/mol. The first-order valence-electron chi connectivity index (χ1n) is 7.43. The van der Waals surface area contributed by atoms with Crippen LogP contribution in [0.5, 0.6) is 11.5 Å². The first-order chi connectivity index (χ1) is 11.6. The van der Waals surface area contributed by atoms with Crippen LogP contribution in [0.2, 0.25) is 0 Å². The average Bonchev–Trinajstić information content (AvgIpc) is 2.96. The predicted octanol–water partition coefficient (Wildman–Crippen LogP) is 3.36. The van der Waals surface area contributed by atoms with Crippen LogP contribution in [0.4, 0.5) is 0 Å². The van der Waals surface area contributed by atoms with Crippen LogP contribution in [0.3, 0.4) is 0 Å². The lowest BCUT2D eigenvalue weighted by atomic mass is 10.1. The number of carbonyl (C=O) groups excluding carboxylic acids is 1. The van der Waals surface area contributed by atoms with Gasteiger partial charge < -0.3 is 14.2 Å². The molecule has 0 aliphatic carbocycles. The van der Waals surface area contributed by atoms with Crippen molar-refractivity contribution in [2.24, 2.45) is 4.99 Å². The zero-order chi connectivity index (χ0) is 17.1. The molecule has 0 radical (unpaired) electrons. The van der Waals surface area contributed by atoms with E-state index in [0.717, 1.165) is 11.1 Å². The van der Waals surface area contributed by atoms with Crippen molar-refractivity contribution in [3.8, 4) is 11.5 Å². The van der Waals surface area contributed by atoms with Crippen molar-refractivity contribution in [2.45, 2.75) is 6.92 Å². The molecule has 0 atom stereocenters. The summed E-state index contributed by atoms with van der Waals surface area (Å²) in [6.07, 6.45) is 1.69. The zero-order valence-corrected chi connectivity index (χ0v) is 13.7. The second-order valence-electron chi connectivity index (χ2n) is 5.28. The highest BCUT2D eigenvalue weighted by atomic mass is 16.6. The normalized spacial score (nSPS) is 15.2. The quantitative estimate of drug-likeness (QED) is 0.639. The molecule has 1 heterocycles. The number of nitrogens with zero attached hydrogens (tertiary/aromatic N) is 1. The van der Waals surface area contributed by atoms with Crippen LogP contribution in [-0.4, -0.2) is 26.1 Å². The summed E-state index contributed by atoms with van der Waals surface area (Å²) in [5.41, 5.74) is 2.78. The van der Waals surface area contributed by atoms with Crippen molar-refractivity contribution in [2.75, 3.05) is 14.2 Å². The third-order valence-corrected chi connectivity index (χ3v) is 3.64. The predicted molar refractivity (Wildman–Crippen MR) is 91.3 cm³/mol. The Balaban J connectivity index is 2.02. The molecule has 1 aliphatic rings. The smallest absolute Gasteiger partial charge is 0.363 e. The van der Waals surface area contributed by atoms with Crippen molar-refractivity contribution in [3.05, 3.63) is 64.9 Å². The third-order valence-electron chi connectivity index (χ3n) is 3.64. The van der Waals surface area contributed by atoms with Crippen LogP contribution >= 0.6 is 0 Å². The van der Waals surface area contributed by atoms with Crippen LogP contribution in [0, 0.1) is 6.92 Å². The highest BCUT2D eigenvalue weighted by Crippen LogP contribution is 2.32. The number of esters is 1. The maximum atomic E-state index is 12.1. The van der Waals surface area contributed by atoms with Gasteiger partial charge in [0, 0.05) is 0 Å². The van der Waals surface area contributed by atoms with Gasteiger partial charge >= 0.3 is 5.97 Å². The van der Waals surface area contributed by atoms with Gasteiger partial charge in [-0.25, -0.2) is 9.79 Å². The summed E-state index contributed by atoms with van der Waals surface area (Å²) in [6, 6.07) is 13.1. The molecule has 0 spiro atoms. The Morgan fingerprint density at radius 2 is 1.62 bits per heavy atom. The van der Waals surface area contributed by atoms with Gasteiger partial charge in [0.25, 0.3) is 0 Å². The Hall–Kier alpha value is -3.08. The highest BCUT2D eigenvalue weighted by molar-refractivity contribution is 6.14. The maximum Gasteiger partial charge on any atom is 0.363 e. The summed E-state index contributed by atoms with van der Waals surface area (Å²) < 4.78 is 16.0. The molecule has 24 heavy (non-hydrogen) atoms. The number of cyclic esters (lactones) is 1. The molecule has 0 bridgehead atoms. The van der Waals surface area contributed by atoms with Crippen molar-refractivity contribution in [1.29, 1.82) is 0 Å². The Morgan fingerprint density at radius 1 is 1.00 bits per heavy atom. The van der Waals surface area contributed by atoms with E-state index in [0.29, 0.717) is 17.1 Å². The van der Waals surface area contributed by atoms with Gasteiger partial charge in [-0.2, -0.15) is 0 Å². The van der Waals surface area contributed by atoms with E-state index in [9.17, 15) is 4.79 Å². The molecule has 5 nitrogen and oxygen atoms in total. The van der Waals surface area contributed by atoms with Crippen LogP contribution in [-0.2, 0) is 9.53 Å². The van der Waals surface area contributed by atoms with Gasteiger partial charge in [0.1, 0.15) is 17.1 Å². The molecule has 2 aromatic rings. The Labute approximate surface area is 140 Å². The molecular formula is C19H17NO4. The Morgan fingerprint density at radius 3 is 2.21 bits per heavy atom. The standard InChI is InChI=1S/C19H17NO4/c1-12-7-9-13(10-8-12)11-14-19(21)24-18(20-14)17-15(22-2)5-4-6-16(17)23-3/h4-11H,1-3H3/b14-11+. The van der Waals surface area contributed by atoms with E-state index in [1.165, 1.54) is 0 Å². The minimum Gasteiger partial charge on any atom is -0.496 e. The van der Waals surface area contributed by atoms with E-state index in [4.69, 9.17) is 14.2 Å². The van der Waals surface area contributed by atoms with Crippen LogP contribution in [0.1, 0.15) is 16.7 Å². The number of ether oxygens (including phenoxy) is 3. The molecule has 0 fully saturated rings. The average molecular weight is 323 g/mol. The number of carbonyl (C=O) groups is 1. The lowest BCUT2D eigenvalue weighted by Crippen LogP contribution is -2.08. The monoisotopic (exact) mass is 323 g/mol. The lowest BCUT2D eigenvalue weighted by Gasteiger charge is -2.11. The van der Waals surface area contributed by atoms with Gasteiger partial charge in [0.15, 0.2) is 5.70 Å². The van der Waals surface area contributed by atoms with Crippen molar-refractivity contribution >= 4 is 17.9 Å². The molecule has 122 valence electrons. The Bertz CT molecular complexity index is 813. The van der Waals surface area contributed by atoms with Crippen molar-refractivity contribution < 1.29 is 19.0 Å². The molecule has 0 unspecified atom stereocenters. The number of aryl methyl sites for hydroxylation is 1. The fourth-order valence-corrected chi connectivity index (χ4v) is 2.40. The first-order valence-corrected chi connectivity index (χ1v) is 7.43. The van der Waals surface area contributed by atoms with Crippen LogP contribution < -0.4 is 9.47 Å². The van der Waals surface area contributed by atoms with Crippen molar-refractivity contribution in [3.63, 3.8) is 0 Å². The second kappa shape index (κ2) is 6.58. The van der Waals surface area contributed by atoms with Crippen molar-refractivity contribution in [1.82, 2.24) is 0 Å². The maximum absolute atomic E-state index is 12.1. The lowest BCUT2D eigenvalue weighted by molar-refractivity contribution is -0.129. The summed E-state index contributed by atoms with van der Waals surface area (Å²) in [5.74, 6) is 0.723. The number of hydrogen-bond donors (Lipinski definition) is 0. The van der Waals surface area contributed by atoms with Gasteiger partial charge in [0.2, 0.25) is 5.90 Å². The highest BCUT2D eigenvalue weighted by Gasteiger charge is 2.28. The zero-order valence-electron chi connectivity index (χ0n) is 13.7. The summed E-state index contributed by atoms with van der Waals surface area (Å²) in [5, 5.41) is 0. The SMILES string of the molecule is COc1cccc(OC)c1C1=N/C(=C/c2ccc(C)cc2)C(=O)O1. The van der Waals surface area contributed by atoms with E-state index < -0.39 is 5.97 Å².